The molecule has 0 bridgehead atoms. The zero-order valence-electron chi connectivity index (χ0n) is 11.9. The van der Waals surface area contributed by atoms with E-state index in [4.69, 9.17) is 10.5 Å². The third-order valence-electron chi connectivity index (χ3n) is 3.42. The van der Waals surface area contributed by atoms with Gasteiger partial charge in [0.2, 0.25) is 15.0 Å². The second-order valence-electron chi connectivity index (χ2n) is 5.25. The first-order valence-electron chi connectivity index (χ1n) is 6.93. The smallest absolute Gasteiger partial charge is 0.249 e. The van der Waals surface area contributed by atoms with Crippen molar-refractivity contribution in [2.45, 2.75) is 56.5 Å². The van der Waals surface area contributed by atoms with Crippen LogP contribution in [0.4, 0.5) is 0 Å². The van der Waals surface area contributed by atoms with E-state index >= 15 is 0 Å². The van der Waals surface area contributed by atoms with Crippen LogP contribution in [0.2, 0.25) is 0 Å². The molecule has 20 heavy (non-hydrogen) atoms. The minimum Gasteiger partial charge on any atom is -0.376 e. The summed E-state index contributed by atoms with van der Waals surface area (Å²) >= 11 is 0. The van der Waals surface area contributed by atoms with Gasteiger partial charge in [0.25, 0.3) is 0 Å². The average Bonchev–Trinajstić information content (AvgIpc) is 2.98. The Kier molecular flexibility index (Phi) is 4.77. The summed E-state index contributed by atoms with van der Waals surface area (Å²) in [6.45, 7) is 3.19. The van der Waals surface area contributed by atoms with Gasteiger partial charge in [-0.15, -0.1) is 10.2 Å². The molecule has 2 atom stereocenters. The molecule has 1 aliphatic rings. The van der Waals surface area contributed by atoms with E-state index in [-0.39, 0.29) is 17.3 Å². The maximum absolute atomic E-state index is 11.8. The second-order valence-corrected chi connectivity index (χ2v) is 7.16. The van der Waals surface area contributed by atoms with Crippen LogP contribution in [0.15, 0.2) is 5.16 Å². The summed E-state index contributed by atoms with van der Waals surface area (Å²) in [5.41, 5.74) is 6.08. The molecule has 0 amide bonds. The Hall–Kier alpha value is -0.990. The number of nitrogens with zero attached hydrogens (tertiary/aromatic N) is 3. The molecule has 8 heteroatoms. The van der Waals surface area contributed by atoms with Gasteiger partial charge < -0.3 is 10.5 Å². The Labute approximate surface area is 119 Å². The van der Waals surface area contributed by atoms with E-state index in [1.807, 2.05) is 6.92 Å². The summed E-state index contributed by atoms with van der Waals surface area (Å²) in [4.78, 5) is 0. The van der Waals surface area contributed by atoms with Crippen LogP contribution >= 0.6 is 0 Å². The number of hydrogen-bond donors (Lipinski definition) is 1. The highest BCUT2D eigenvalue weighted by Gasteiger charge is 2.27. The van der Waals surface area contributed by atoms with Gasteiger partial charge >= 0.3 is 0 Å². The molecule has 1 aliphatic heterocycles. The summed E-state index contributed by atoms with van der Waals surface area (Å²) in [7, 11) is -3.42. The monoisotopic (exact) mass is 302 g/mol. The maximum Gasteiger partial charge on any atom is 0.249 e. The quantitative estimate of drug-likeness (QED) is 0.828. The number of aromatic nitrogens is 3. The summed E-state index contributed by atoms with van der Waals surface area (Å²) in [6.07, 6.45) is 4.72. The third-order valence-corrected chi connectivity index (χ3v) is 4.38. The summed E-state index contributed by atoms with van der Waals surface area (Å²) in [5.74, 6) is 0.530. The SMILES string of the molecule is CCCC(N)c1nnc(S(C)(=O)=O)n1CC1CCCO1. The molecule has 2 heterocycles. The van der Waals surface area contributed by atoms with Crippen LogP contribution in [0.25, 0.3) is 0 Å². The highest BCUT2D eigenvalue weighted by Crippen LogP contribution is 2.21. The van der Waals surface area contributed by atoms with Crippen LogP contribution in [-0.2, 0) is 21.1 Å². The first-order valence-corrected chi connectivity index (χ1v) is 8.83. The molecule has 2 rings (SSSR count). The van der Waals surface area contributed by atoms with E-state index in [2.05, 4.69) is 10.2 Å². The van der Waals surface area contributed by atoms with Gasteiger partial charge in [-0.05, 0) is 19.3 Å². The van der Waals surface area contributed by atoms with Gasteiger partial charge in [0.15, 0.2) is 5.82 Å². The Bertz CT molecular complexity index is 549. The predicted molar refractivity (Wildman–Crippen MR) is 73.9 cm³/mol. The molecule has 1 saturated heterocycles. The molecular formula is C12H22N4O3S. The van der Waals surface area contributed by atoms with E-state index in [1.54, 1.807) is 4.57 Å². The molecule has 0 spiro atoms. The molecule has 1 aromatic heterocycles. The molecule has 114 valence electrons. The minimum atomic E-state index is -3.42. The number of ether oxygens (including phenoxy) is 1. The van der Waals surface area contributed by atoms with Gasteiger partial charge in [-0.1, -0.05) is 13.3 Å². The zero-order valence-corrected chi connectivity index (χ0v) is 12.8. The van der Waals surface area contributed by atoms with Crippen molar-refractivity contribution in [3.63, 3.8) is 0 Å². The molecule has 1 fully saturated rings. The molecule has 0 saturated carbocycles. The number of rotatable bonds is 6. The van der Waals surface area contributed by atoms with Crippen molar-refractivity contribution in [3.05, 3.63) is 5.82 Å². The lowest BCUT2D eigenvalue weighted by atomic mass is 10.1. The van der Waals surface area contributed by atoms with E-state index in [0.29, 0.717) is 12.4 Å². The lowest BCUT2D eigenvalue weighted by molar-refractivity contribution is 0.0937. The van der Waals surface area contributed by atoms with Crippen LogP contribution in [0.3, 0.4) is 0 Å². The van der Waals surface area contributed by atoms with E-state index in [1.165, 1.54) is 0 Å². The standard InChI is InChI=1S/C12H22N4O3S/c1-3-5-10(13)11-14-15-12(20(2,17)18)16(11)8-9-6-4-7-19-9/h9-10H,3-8,13H2,1-2H3. The highest BCUT2D eigenvalue weighted by atomic mass is 32.2. The minimum absolute atomic E-state index is 0.0130. The summed E-state index contributed by atoms with van der Waals surface area (Å²) in [5, 5.41) is 7.80. The van der Waals surface area contributed by atoms with Crippen molar-refractivity contribution in [2.24, 2.45) is 5.73 Å². The zero-order chi connectivity index (χ0) is 14.8. The predicted octanol–water partition coefficient (Wildman–Crippen LogP) is 0.661. The Morgan fingerprint density at radius 2 is 2.25 bits per heavy atom. The van der Waals surface area contributed by atoms with Gasteiger partial charge in [-0.3, -0.25) is 4.57 Å². The topological polar surface area (TPSA) is 100 Å². The largest absolute Gasteiger partial charge is 0.376 e. The molecule has 2 N–H and O–H groups in total. The van der Waals surface area contributed by atoms with Crippen LogP contribution in [0, 0.1) is 0 Å². The molecule has 7 nitrogen and oxygen atoms in total. The van der Waals surface area contributed by atoms with Crippen LogP contribution < -0.4 is 5.73 Å². The molecule has 0 radical (unpaired) electrons. The lowest BCUT2D eigenvalue weighted by Crippen LogP contribution is -2.24. The average molecular weight is 302 g/mol. The first-order chi connectivity index (χ1) is 9.43. The molecule has 2 unspecified atom stereocenters. The molecule has 0 aromatic carbocycles. The van der Waals surface area contributed by atoms with Gasteiger partial charge in [-0.25, -0.2) is 8.42 Å². The van der Waals surface area contributed by atoms with Gasteiger partial charge in [-0.2, -0.15) is 0 Å². The van der Waals surface area contributed by atoms with Gasteiger partial charge in [0, 0.05) is 12.9 Å². The maximum atomic E-state index is 11.8. The van der Waals surface area contributed by atoms with Crippen LogP contribution in [0.1, 0.15) is 44.5 Å². The number of hydrogen-bond acceptors (Lipinski definition) is 6. The number of sulfone groups is 1. The van der Waals surface area contributed by atoms with Crippen molar-refractivity contribution >= 4 is 9.84 Å². The van der Waals surface area contributed by atoms with Crippen LogP contribution in [-0.4, -0.2) is 42.1 Å². The Morgan fingerprint density at radius 3 is 2.80 bits per heavy atom. The van der Waals surface area contributed by atoms with Crippen molar-refractivity contribution in [3.8, 4) is 0 Å². The van der Waals surface area contributed by atoms with E-state index < -0.39 is 9.84 Å². The lowest BCUT2D eigenvalue weighted by Gasteiger charge is -2.17. The van der Waals surface area contributed by atoms with Crippen molar-refractivity contribution in [2.75, 3.05) is 12.9 Å². The fourth-order valence-electron chi connectivity index (χ4n) is 2.45. The third kappa shape index (κ3) is 3.36. The molecule has 0 aliphatic carbocycles. The van der Waals surface area contributed by atoms with Crippen LogP contribution in [0.5, 0.6) is 0 Å². The fourth-order valence-corrected chi connectivity index (χ4v) is 3.21. The first kappa shape index (κ1) is 15.4. The molecular weight excluding hydrogens is 280 g/mol. The highest BCUT2D eigenvalue weighted by molar-refractivity contribution is 7.90. The van der Waals surface area contributed by atoms with E-state index in [9.17, 15) is 8.42 Å². The fraction of sp³-hybridized carbons (Fsp3) is 0.833. The summed E-state index contributed by atoms with van der Waals surface area (Å²) in [6, 6.07) is -0.301. The Balaban J connectivity index is 2.34. The second kappa shape index (κ2) is 6.19. The van der Waals surface area contributed by atoms with Gasteiger partial charge in [0.05, 0.1) is 18.7 Å². The number of nitrogens with two attached hydrogens (primary N) is 1. The molecule has 1 aromatic rings. The van der Waals surface area contributed by atoms with Gasteiger partial charge in [0.1, 0.15) is 0 Å². The van der Waals surface area contributed by atoms with Crippen molar-refractivity contribution in [1.82, 2.24) is 14.8 Å². The summed E-state index contributed by atoms with van der Waals surface area (Å²) < 4.78 is 30.8. The normalized spacial score (nSPS) is 21.2. The van der Waals surface area contributed by atoms with Crippen molar-refractivity contribution < 1.29 is 13.2 Å². The van der Waals surface area contributed by atoms with E-state index in [0.717, 1.165) is 38.5 Å². The Morgan fingerprint density at radius 1 is 1.50 bits per heavy atom. The van der Waals surface area contributed by atoms with Crippen molar-refractivity contribution in [1.29, 1.82) is 0 Å².